The predicted molar refractivity (Wildman–Crippen MR) is 86.0 cm³/mol. The number of nitrogens with zero attached hydrogens (tertiary/aromatic N) is 2. The lowest BCUT2D eigenvalue weighted by atomic mass is 10.2. The quantitative estimate of drug-likeness (QED) is 0.742. The van der Waals surface area contributed by atoms with E-state index in [4.69, 9.17) is 32.4 Å². The minimum absolute atomic E-state index is 0.270. The van der Waals surface area contributed by atoms with E-state index in [0.717, 1.165) is 11.4 Å². The predicted octanol–water partition coefficient (Wildman–Crippen LogP) is 4.80. The molecule has 0 saturated heterocycles. The van der Waals surface area contributed by atoms with Crippen LogP contribution in [0.1, 0.15) is 0 Å². The second-order valence-corrected chi connectivity index (χ2v) is 5.23. The van der Waals surface area contributed by atoms with Gasteiger partial charge in [0.25, 0.3) is 5.89 Å². The Morgan fingerprint density at radius 3 is 2.50 bits per heavy atom. The number of methoxy groups -OCH3 is 1. The van der Waals surface area contributed by atoms with Crippen molar-refractivity contribution in [1.82, 2.24) is 10.2 Å². The molecule has 7 heteroatoms. The fourth-order valence-electron chi connectivity index (χ4n) is 1.84. The van der Waals surface area contributed by atoms with Crippen LogP contribution < -0.4 is 10.1 Å². The van der Waals surface area contributed by atoms with Gasteiger partial charge in [-0.2, -0.15) is 0 Å². The molecule has 0 aliphatic rings. The molecule has 5 nitrogen and oxygen atoms in total. The Kier molecular flexibility index (Phi) is 4.18. The van der Waals surface area contributed by atoms with E-state index in [1.807, 2.05) is 24.3 Å². The van der Waals surface area contributed by atoms with Crippen molar-refractivity contribution in [3.63, 3.8) is 0 Å². The van der Waals surface area contributed by atoms with Crippen molar-refractivity contribution in [2.45, 2.75) is 0 Å². The first-order valence-electron chi connectivity index (χ1n) is 6.36. The normalized spacial score (nSPS) is 10.5. The Morgan fingerprint density at radius 1 is 1.05 bits per heavy atom. The lowest BCUT2D eigenvalue weighted by molar-refractivity contribution is 0.415. The maximum absolute atomic E-state index is 6.12. The highest BCUT2D eigenvalue weighted by Gasteiger charge is 2.12. The summed E-state index contributed by atoms with van der Waals surface area (Å²) in [6.45, 7) is 0. The van der Waals surface area contributed by atoms with Crippen LogP contribution in [0, 0.1) is 0 Å². The summed E-state index contributed by atoms with van der Waals surface area (Å²) in [4.78, 5) is 0. The summed E-state index contributed by atoms with van der Waals surface area (Å²) in [5.41, 5.74) is 1.43. The number of aromatic nitrogens is 2. The molecule has 1 heterocycles. The first-order valence-corrected chi connectivity index (χ1v) is 7.11. The van der Waals surface area contributed by atoms with Gasteiger partial charge in [0, 0.05) is 10.7 Å². The summed E-state index contributed by atoms with van der Waals surface area (Å²) in [5.74, 6) is 1.09. The molecule has 0 saturated carbocycles. The third-order valence-corrected chi connectivity index (χ3v) is 3.48. The van der Waals surface area contributed by atoms with Gasteiger partial charge in [-0.1, -0.05) is 28.3 Å². The molecule has 0 aliphatic heterocycles. The number of halogens is 2. The van der Waals surface area contributed by atoms with E-state index in [1.165, 1.54) is 0 Å². The van der Waals surface area contributed by atoms with Crippen LogP contribution in [0.4, 0.5) is 11.7 Å². The Balaban J connectivity index is 1.81. The van der Waals surface area contributed by atoms with E-state index in [1.54, 1.807) is 25.3 Å². The number of anilines is 2. The monoisotopic (exact) mass is 335 g/mol. The Bertz CT molecular complexity index is 788. The van der Waals surface area contributed by atoms with Crippen molar-refractivity contribution >= 4 is 34.9 Å². The first-order chi connectivity index (χ1) is 10.7. The zero-order valence-corrected chi connectivity index (χ0v) is 13.0. The standard InChI is InChI=1S/C15H11Cl2N3O2/c1-21-11-5-3-10(4-6-11)18-15-20-19-14(22-15)12-7-2-9(16)8-13(12)17/h2-8H,1H3,(H,18,20). The number of hydrogen-bond acceptors (Lipinski definition) is 5. The summed E-state index contributed by atoms with van der Waals surface area (Å²) < 4.78 is 10.7. The van der Waals surface area contributed by atoms with Crippen LogP contribution in [0.5, 0.6) is 5.75 Å². The molecular weight excluding hydrogens is 325 g/mol. The Labute approximate surface area is 136 Å². The molecule has 3 rings (SSSR count). The number of rotatable bonds is 4. The van der Waals surface area contributed by atoms with Crippen LogP contribution in [-0.4, -0.2) is 17.3 Å². The molecule has 112 valence electrons. The van der Waals surface area contributed by atoms with E-state index in [0.29, 0.717) is 21.5 Å². The van der Waals surface area contributed by atoms with Gasteiger partial charge in [-0.25, -0.2) is 0 Å². The van der Waals surface area contributed by atoms with E-state index in [9.17, 15) is 0 Å². The van der Waals surface area contributed by atoms with Gasteiger partial charge in [0.1, 0.15) is 5.75 Å². The molecule has 0 radical (unpaired) electrons. The molecule has 0 bridgehead atoms. The van der Waals surface area contributed by atoms with E-state index >= 15 is 0 Å². The van der Waals surface area contributed by atoms with Crippen LogP contribution in [-0.2, 0) is 0 Å². The molecule has 0 aliphatic carbocycles. The highest BCUT2D eigenvalue weighted by Crippen LogP contribution is 2.30. The second-order valence-electron chi connectivity index (χ2n) is 4.39. The van der Waals surface area contributed by atoms with E-state index in [2.05, 4.69) is 15.5 Å². The van der Waals surface area contributed by atoms with Crippen molar-refractivity contribution in [2.24, 2.45) is 0 Å². The minimum Gasteiger partial charge on any atom is -0.497 e. The van der Waals surface area contributed by atoms with Gasteiger partial charge in [0.05, 0.1) is 17.7 Å². The van der Waals surface area contributed by atoms with Gasteiger partial charge < -0.3 is 14.5 Å². The Morgan fingerprint density at radius 2 is 1.82 bits per heavy atom. The van der Waals surface area contributed by atoms with Crippen LogP contribution >= 0.6 is 23.2 Å². The molecule has 22 heavy (non-hydrogen) atoms. The molecule has 0 atom stereocenters. The maximum atomic E-state index is 6.12. The molecule has 1 aromatic heterocycles. The smallest absolute Gasteiger partial charge is 0.320 e. The van der Waals surface area contributed by atoms with Gasteiger partial charge in [0.2, 0.25) is 0 Å². The van der Waals surface area contributed by atoms with Crippen molar-refractivity contribution in [3.05, 3.63) is 52.5 Å². The number of nitrogens with one attached hydrogen (secondary N) is 1. The van der Waals surface area contributed by atoms with Crippen molar-refractivity contribution in [1.29, 1.82) is 0 Å². The van der Waals surface area contributed by atoms with Gasteiger partial charge in [-0.3, -0.25) is 0 Å². The van der Waals surface area contributed by atoms with Crippen LogP contribution in [0.2, 0.25) is 10.0 Å². The third-order valence-electron chi connectivity index (χ3n) is 2.93. The molecule has 0 fully saturated rings. The SMILES string of the molecule is COc1ccc(Nc2nnc(-c3ccc(Cl)cc3Cl)o2)cc1. The zero-order valence-electron chi connectivity index (χ0n) is 11.5. The third kappa shape index (κ3) is 3.16. The topological polar surface area (TPSA) is 60.2 Å². The summed E-state index contributed by atoms with van der Waals surface area (Å²) >= 11 is 12.0. The van der Waals surface area contributed by atoms with Crippen molar-refractivity contribution in [3.8, 4) is 17.2 Å². The lowest BCUT2D eigenvalue weighted by Crippen LogP contribution is -1.90. The molecule has 3 aromatic rings. The maximum Gasteiger partial charge on any atom is 0.320 e. The van der Waals surface area contributed by atoms with E-state index in [-0.39, 0.29) is 6.01 Å². The molecule has 0 spiro atoms. The molecule has 0 unspecified atom stereocenters. The van der Waals surface area contributed by atoms with Crippen molar-refractivity contribution < 1.29 is 9.15 Å². The zero-order chi connectivity index (χ0) is 15.5. The largest absolute Gasteiger partial charge is 0.497 e. The van der Waals surface area contributed by atoms with Crippen LogP contribution in [0.15, 0.2) is 46.9 Å². The number of benzene rings is 2. The average molecular weight is 336 g/mol. The van der Waals surface area contributed by atoms with Crippen molar-refractivity contribution in [2.75, 3.05) is 12.4 Å². The van der Waals surface area contributed by atoms with E-state index < -0.39 is 0 Å². The second kappa shape index (κ2) is 6.25. The highest BCUT2D eigenvalue weighted by molar-refractivity contribution is 6.36. The molecule has 0 amide bonds. The summed E-state index contributed by atoms with van der Waals surface area (Å²) in [6.07, 6.45) is 0. The molecule has 1 N–H and O–H groups in total. The Hall–Kier alpha value is -2.24. The first kappa shape index (κ1) is 14.7. The van der Waals surface area contributed by atoms with Crippen LogP contribution in [0.25, 0.3) is 11.5 Å². The number of hydrogen-bond donors (Lipinski definition) is 1. The summed E-state index contributed by atoms with van der Waals surface area (Å²) in [5, 5.41) is 11.9. The number of ether oxygens (including phenoxy) is 1. The van der Waals surface area contributed by atoms with Gasteiger partial charge >= 0.3 is 6.01 Å². The average Bonchev–Trinajstić information content (AvgIpc) is 2.96. The molecule has 2 aromatic carbocycles. The fraction of sp³-hybridized carbons (Fsp3) is 0.0667. The van der Waals surface area contributed by atoms with Gasteiger partial charge in [-0.05, 0) is 42.5 Å². The van der Waals surface area contributed by atoms with Gasteiger partial charge in [0.15, 0.2) is 0 Å². The van der Waals surface area contributed by atoms with Gasteiger partial charge in [-0.15, -0.1) is 5.10 Å². The minimum atomic E-state index is 0.270. The summed E-state index contributed by atoms with van der Waals surface area (Å²) in [6, 6.07) is 12.7. The summed E-state index contributed by atoms with van der Waals surface area (Å²) in [7, 11) is 1.61. The fourth-order valence-corrected chi connectivity index (χ4v) is 2.33. The van der Waals surface area contributed by atoms with Crippen LogP contribution in [0.3, 0.4) is 0 Å². The lowest BCUT2D eigenvalue weighted by Gasteiger charge is -2.03. The highest BCUT2D eigenvalue weighted by atomic mass is 35.5. The molecular formula is C15H11Cl2N3O2.